The molecule has 0 radical (unpaired) electrons. The fourth-order valence-electron chi connectivity index (χ4n) is 1.09. The molecule has 1 N–H and O–H groups in total. The number of nitrogens with zero attached hydrogens (tertiary/aromatic N) is 1. The first-order valence-corrected chi connectivity index (χ1v) is 3.09. The molecular weight excluding hydrogens is 102 g/mol. The highest BCUT2D eigenvalue weighted by molar-refractivity contribution is 4.81. The van der Waals surface area contributed by atoms with Crippen LogP contribution in [0, 0.1) is 0 Å². The van der Waals surface area contributed by atoms with E-state index in [0.29, 0.717) is 0 Å². The van der Waals surface area contributed by atoms with Crippen molar-refractivity contribution in [2.45, 2.75) is 32.2 Å². The van der Waals surface area contributed by atoms with Gasteiger partial charge in [-0.2, -0.15) is 5.06 Å². The second-order valence-corrected chi connectivity index (χ2v) is 3.04. The summed E-state index contributed by atoms with van der Waals surface area (Å²) in [6, 6.07) is 0. The van der Waals surface area contributed by atoms with E-state index in [2.05, 4.69) is 13.8 Å². The average molecular weight is 115 g/mol. The van der Waals surface area contributed by atoms with E-state index in [1.807, 2.05) is 0 Å². The van der Waals surface area contributed by atoms with Crippen LogP contribution in [-0.2, 0) is 0 Å². The van der Waals surface area contributed by atoms with Crippen LogP contribution in [0.25, 0.3) is 0 Å². The molecular formula is C6H13NO. The van der Waals surface area contributed by atoms with Crippen molar-refractivity contribution < 1.29 is 5.21 Å². The lowest BCUT2D eigenvalue weighted by molar-refractivity contribution is -0.135. The molecule has 0 aromatic carbocycles. The van der Waals surface area contributed by atoms with Crippen molar-refractivity contribution in [3.63, 3.8) is 0 Å². The van der Waals surface area contributed by atoms with Gasteiger partial charge in [-0.05, 0) is 26.7 Å². The Bertz CT molecular complexity index is 90.5. The molecule has 0 bridgehead atoms. The lowest BCUT2D eigenvalue weighted by Gasteiger charge is -2.24. The smallest absolute Gasteiger partial charge is 0.0404 e. The van der Waals surface area contributed by atoms with Crippen molar-refractivity contribution in [1.82, 2.24) is 5.06 Å². The predicted molar refractivity (Wildman–Crippen MR) is 31.8 cm³/mol. The maximum absolute atomic E-state index is 9.09. The van der Waals surface area contributed by atoms with Gasteiger partial charge in [0.2, 0.25) is 0 Å². The topological polar surface area (TPSA) is 23.5 Å². The summed E-state index contributed by atoms with van der Waals surface area (Å²) in [6.45, 7) is 4.95. The highest BCUT2D eigenvalue weighted by atomic mass is 16.5. The van der Waals surface area contributed by atoms with Gasteiger partial charge in [0.15, 0.2) is 0 Å². The number of rotatable bonds is 0. The maximum Gasteiger partial charge on any atom is 0.0404 e. The van der Waals surface area contributed by atoms with Crippen molar-refractivity contribution in [2.75, 3.05) is 6.54 Å². The van der Waals surface area contributed by atoms with Crippen molar-refractivity contribution in [2.24, 2.45) is 0 Å². The van der Waals surface area contributed by atoms with Gasteiger partial charge in [0.1, 0.15) is 0 Å². The molecule has 2 heteroatoms. The van der Waals surface area contributed by atoms with Crippen LogP contribution in [-0.4, -0.2) is 22.4 Å². The van der Waals surface area contributed by atoms with Crippen LogP contribution in [0.4, 0.5) is 0 Å². The molecule has 1 fully saturated rings. The van der Waals surface area contributed by atoms with E-state index >= 15 is 0 Å². The second kappa shape index (κ2) is 1.71. The number of hydrogen-bond acceptors (Lipinski definition) is 2. The predicted octanol–water partition coefficient (Wildman–Crippen LogP) is 1.25. The molecule has 0 aromatic rings. The largest absolute Gasteiger partial charge is 0.313 e. The molecule has 48 valence electrons. The molecule has 1 aliphatic rings. The van der Waals surface area contributed by atoms with E-state index in [1.54, 1.807) is 0 Å². The fourth-order valence-corrected chi connectivity index (χ4v) is 1.09. The molecule has 1 aliphatic heterocycles. The Morgan fingerprint density at radius 1 is 1.50 bits per heavy atom. The van der Waals surface area contributed by atoms with Gasteiger partial charge in [0.25, 0.3) is 0 Å². The standard InChI is InChI=1S/C6H13NO/c1-6(2)4-3-5-7(6)8/h8H,3-5H2,1-2H3. The minimum absolute atomic E-state index is 0.0417. The Kier molecular flexibility index (Phi) is 1.29. The molecule has 1 heterocycles. The van der Waals surface area contributed by atoms with Crippen LogP contribution in [0.15, 0.2) is 0 Å². The lowest BCUT2D eigenvalue weighted by Crippen LogP contribution is -2.34. The van der Waals surface area contributed by atoms with Crippen molar-refractivity contribution in [3.8, 4) is 0 Å². The number of hydrogen-bond donors (Lipinski definition) is 1. The van der Waals surface area contributed by atoms with Gasteiger partial charge < -0.3 is 5.21 Å². The van der Waals surface area contributed by atoms with E-state index in [1.165, 1.54) is 5.06 Å². The van der Waals surface area contributed by atoms with E-state index in [0.717, 1.165) is 19.4 Å². The molecule has 0 amide bonds. The quantitative estimate of drug-likeness (QED) is 0.513. The van der Waals surface area contributed by atoms with Crippen molar-refractivity contribution >= 4 is 0 Å². The van der Waals surface area contributed by atoms with Gasteiger partial charge >= 0.3 is 0 Å². The van der Waals surface area contributed by atoms with E-state index in [4.69, 9.17) is 5.21 Å². The summed E-state index contributed by atoms with van der Waals surface area (Å²) in [6.07, 6.45) is 2.24. The third-order valence-corrected chi connectivity index (χ3v) is 1.86. The summed E-state index contributed by atoms with van der Waals surface area (Å²) in [5.41, 5.74) is 0.0417. The molecule has 0 saturated carbocycles. The van der Waals surface area contributed by atoms with Gasteiger partial charge in [-0.25, -0.2) is 0 Å². The highest BCUT2D eigenvalue weighted by Gasteiger charge is 2.30. The molecule has 0 aromatic heterocycles. The van der Waals surface area contributed by atoms with Crippen LogP contribution in [0.2, 0.25) is 0 Å². The maximum atomic E-state index is 9.09. The second-order valence-electron chi connectivity index (χ2n) is 3.04. The third-order valence-electron chi connectivity index (χ3n) is 1.86. The zero-order valence-corrected chi connectivity index (χ0v) is 5.52. The van der Waals surface area contributed by atoms with Crippen LogP contribution < -0.4 is 0 Å². The first-order valence-electron chi connectivity index (χ1n) is 3.09. The Hall–Kier alpha value is -0.0800. The molecule has 0 atom stereocenters. The summed E-state index contributed by atoms with van der Waals surface area (Å²) >= 11 is 0. The minimum atomic E-state index is 0.0417. The zero-order valence-electron chi connectivity index (χ0n) is 5.52. The van der Waals surface area contributed by atoms with Gasteiger partial charge in [-0.15, -0.1) is 0 Å². The van der Waals surface area contributed by atoms with Crippen molar-refractivity contribution in [1.29, 1.82) is 0 Å². The first kappa shape index (κ1) is 6.05. The first-order chi connectivity index (χ1) is 3.63. The molecule has 0 aliphatic carbocycles. The highest BCUT2D eigenvalue weighted by Crippen LogP contribution is 2.25. The summed E-state index contributed by atoms with van der Waals surface area (Å²) < 4.78 is 0. The normalized spacial score (nSPS) is 28.9. The van der Waals surface area contributed by atoms with E-state index < -0.39 is 0 Å². The average Bonchev–Trinajstić information content (AvgIpc) is 1.86. The van der Waals surface area contributed by atoms with Gasteiger partial charge in [0, 0.05) is 12.1 Å². The van der Waals surface area contributed by atoms with Crippen LogP contribution in [0.5, 0.6) is 0 Å². The molecule has 1 saturated heterocycles. The molecule has 1 rings (SSSR count). The van der Waals surface area contributed by atoms with Crippen LogP contribution in [0.3, 0.4) is 0 Å². The SMILES string of the molecule is CC1(C)CCCN1O. The van der Waals surface area contributed by atoms with Crippen molar-refractivity contribution in [3.05, 3.63) is 0 Å². The van der Waals surface area contributed by atoms with Crippen LogP contribution >= 0.6 is 0 Å². The van der Waals surface area contributed by atoms with E-state index in [-0.39, 0.29) is 5.54 Å². The monoisotopic (exact) mass is 115 g/mol. The summed E-state index contributed by atoms with van der Waals surface area (Å²) in [4.78, 5) is 0. The minimum Gasteiger partial charge on any atom is -0.313 e. The fraction of sp³-hybridized carbons (Fsp3) is 1.00. The summed E-state index contributed by atoms with van der Waals surface area (Å²) in [5, 5.41) is 10.5. The Morgan fingerprint density at radius 2 is 2.12 bits per heavy atom. The Labute approximate surface area is 50.1 Å². The summed E-state index contributed by atoms with van der Waals surface area (Å²) in [7, 11) is 0. The van der Waals surface area contributed by atoms with Gasteiger partial charge in [-0.3, -0.25) is 0 Å². The molecule has 0 spiro atoms. The third kappa shape index (κ3) is 0.858. The summed E-state index contributed by atoms with van der Waals surface area (Å²) in [5.74, 6) is 0. The Morgan fingerprint density at radius 3 is 2.25 bits per heavy atom. The van der Waals surface area contributed by atoms with Crippen LogP contribution in [0.1, 0.15) is 26.7 Å². The molecule has 2 nitrogen and oxygen atoms in total. The molecule has 0 unspecified atom stereocenters. The Balaban J connectivity index is 2.54. The molecule has 8 heavy (non-hydrogen) atoms. The van der Waals surface area contributed by atoms with Gasteiger partial charge in [-0.1, -0.05) is 0 Å². The van der Waals surface area contributed by atoms with Gasteiger partial charge in [0.05, 0.1) is 0 Å². The lowest BCUT2D eigenvalue weighted by atomic mass is 10.0. The van der Waals surface area contributed by atoms with E-state index in [9.17, 15) is 0 Å². The zero-order chi connectivity index (χ0) is 6.20. The number of hydroxylamine groups is 2.